The van der Waals surface area contributed by atoms with E-state index in [0.717, 1.165) is 48.3 Å². The summed E-state index contributed by atoms with van der Waals surface area (Å²) >= 11 is 21.0. The number of hydrogen-bond donors (Lipinski definition) is 2. The zero-order valence-electron chi connectivity index (χ0n) is 28.1. The van der Waals surface area contributed by atoms with Gasteiger partial charge in [0.05, 0.1) is 40.7 Å². The number of pyridine rings is 2. The van der Waals surface area contributed by atoms with Gasteiger partial charge < -0.3 is 19.9 Å². The molecule has 254 valence electrons. The number of fused-ring (bicyclic) bond motifs is 1. The molecule has 2 N–H and O–H groups in total. The Morgan fingerprint density at radius 2 is 1.73 bits per heavy atom. The van der Waals surface area contributed by atoms with Crippen molar-refractivity contribution in [1.82, 2.24) is 20.2 Å². The molecule has 0 saturated heterocycles. The normalized spacial score (nSPS) is 13.6. The molecule has 11 heteroatoms. The van der Waals surface area contributed by atoms with Crippen molar-refractivity contribution in [3.63, 3.8) is 0 Å². The maximum atomic E-state index is 12.2. The summed E-state index contributed by atoms with van der Waals surface area (Å²) in [5, 5.41) is 14.5. The number of alkyl carbamates (subject to hydrolysis) is 1. The van der Waals surface area contributed by atoms with Crippen molar-refractivity contribution in [2.45, 2.75) is 71.8 Å². The van der Waals surface area contributed by atoms with Gasteiger partial charge in [0.2, 0.25) is 5.88 Å². The first-order chi connectivity index (χ1) is 22.6. The monoisotopic (exact) mass is 710 g/mol. The average Bonchev–Trinajstić information content (AvgIpc) is 3.02. The highest BCUT2D eigenvalue weighted by atomic mass is 35.5. The Bertz CT molecular complexity index is 1820. The number of ether oxygens (including phenoxy) is 2. The zero-order chi connectivity index (χ0) is 34.8. The third-order valence-corrected chi connectivity index (χ3v) is 9.22. The van der Waals surface area contributed by atoms with Crippen LogP contribution in [0.5, 0.6) is 5.88 Å². The summed E-state index contributed by atoms with van der Waals surface area (Å²) in [5.41, 5.74) is 5.85. The Morgan fingerprint density at radius 1 is 1.00 bits per heavy atom. The summed E-state index contributed by atoms with van der Waals surface area (Å²) < 4.78 is 10.9. The molecule has 1 aliphatic rings. The second-order valence-corrected chi connectivity index (χ2v) is 14.8. The molecule has 0 unspecified atom stereocenters. The van der Waals surface area contributed by atoms with E-state index in [1.807, 2.05) is 56.3 Å². The first-order valence-electron chi connectivity index (χ1n) is 15.8. The third kappa shape index (κ3) is 8.60. The van der Waals surface area contributed by atoms with Gasteiger partial charge in [-0.25, -0.2) is 9.78 Å². The molecule has 2 aromatic heterocycles. The lowest BCUT2D eigenvalue weighted by Crippen LogP contribution is -2.35. The van der Waals surface area contributed by atoms with Gasteiger partial charge in [-0.1, -0.05) is 53.0 Å². The second-order valence-electron chi connectivity index (χ2n) is 13.6. The van der Waals surface area contributed by atoms with Gasteiger partial charge in [-0.3, -0.25) is 9.88 Å². The van der Waals surface area contributed by atoms with Crippen LogP contribution in [0.4, 0.5) is 4.79 Å². The van der Waals surface area contributed by atoms with Crippen LogP contribution in [0.25, 0.3) is 33.6 Å². The van der Waals surface area contributed by atoms with Gasteiger partial charge in [0.1, 0.15) is 5.60 Å². The molecule has 3 heterocycles. The van der Waals surface area contributed by atoms with Gasteiger partial charge in [-0.05, 0) is 88.9 Å². The number of aliphatic hydroxyl groups is 1. The maximum Gasteiger partial charge on any atom is 0.407 e. The zero-order valence-corrected chi connectivity index (χ0v) is 30.4. The summed E-state index contributed by atoms with van der Waals surface area (Å²) in [7, 11) is 1.53. The van der Waals surface area contributed by atoms with E-state index in [9.17, 15) is 9.90 Å². The minimum atomic E-state index is -0.708. The molecule has 4 aromatic rings. The number of nitrogens with zero attached hydrogens (tertiary/aromatic N) is 3. The lowest BCUT2D eigenvalue weighted by molar-refractivity contribution is 0.0521. The second kappa shape index (κ2) is 14.6. The predicted molar refractivity (Wildman–Crippen MR) is 193 cm³/mol. The molecule has 2 aromatic carbocycles. The van der Waals surface area contributed by atoms with E-state index in [-0.39, 0.29) is 6.54 Å². The number of hydrogen-bond acceptors (Lipinski definition) is 7. The van der Waals surface area contributed by atoms with Crippen molar-refractivity contribution >= 4 is 40.9 Å². The molecule has 0 aliphatic carbocycles. The number of carbonyl (C=O) groups excluding carboxylic acids is 1. The summed E-state index contributed by atoms with van der Waals surface area (Å²) in [6.07, 6.45) is 2.72. The lowest BCUT2D eigenvalue weighted by atomic mass is 9.94. The molecular weight excluding hydrogens is 671 g/mol. The predicted octanol–water partition coefficient (Wildman–Crippen LogP) is 8.99. The van der Waals surface area contributed by atoms with Crippen LogP contribution in [0.3, 0.4) is 0 Å². The van der Waals surface area contributed by atoms with Crippen LogP contribution in [-0.2, 0) is 24.2 Å². The van der Waals surface area contributed by atoms with Crippen molar-refractivity contribution < 1.29 is 19.4 Å². The van der Waals surface area contributed by atoms with E-state index < -0.39 is 17.3 Å². The van der Waals surface area contributed by atoms with Gasteiger partial charge >= 0.3 is 6.09 Å². The maximum absolute atomic E-state index is 12.2. The molecule has 0 bridgehead atoms. The number of aromatic nitrogens is 2. The van der Waals surface area contributed by atoms with Crippen molar-refractivity contribution in [3.05, 3.63) is 86.5 Å². The summed E-state index contributed by atoms with van der Waals surface area (Å²) in [6, 6.07) is 15.3. The van der Waals surface area contributed by atoms with E-state index in [2.05, 4.69) is 21.3 Å². The molecule has 0 spiro atoms. The summed E-state index contributed by atoms with van der Waals surface area (Å²) in [5.74, 6) is 0.360. The SMILES string of the molecule is COc1nc(-c2cccc(-c3ccnc(-c4cc(Cl)c5c(c4)CCN(CCC(C)(C)O)C5)c3Cl)c2Cl)ccc1CNC(=O)OC(C)(C)C. The number of rotatable bonds is 9. The standard InChI is InChI=1S/C37H41Cl3N4O4/c1-36(2,3)48-35(45)42-20-23-10-11-30(43-34(23)47-6)27-9-7-8-25(31(27)39)26-12-15-41-33(32(26)40)24-18-22-13-16-44(17-14-37(4,5)46)21-28(22)29(38)19-24/h7-12,15,18-19,46H,13-14,16-17,20-21H2,1-6H3,(H,42,45). The van der Waals surface area contributed by atoms with Crippen molar-refractivity contribution in [1.29, 1.82) is 0 Å². The molecule has 1 amide bonds. The highest BCUT2D eigenvalue weighted by Crippen LogP contribution is 2.43. The van der Waals surface area contributed by atoms with Gasteiger partial charge in [-0.15, -0.1) is 0 Å². The Morgan fingerprint density at radius 3 is 2.44 bits per heavy atom. The Labute approximate surface area is 297 Å². The summed E-state index contributed by atoms with van der Waals surface area (Å²) in [6.45, 7) is 11.7. The molecule has 0 fully saturated rings. The van der Waals surface area contributed by atoms with E-state index >= 15 is 0 Å². The topological polar surface area (TPSA) is 96.8 Å². The van der Waals surface area contributed by atoms with Crippen LogP contribution in [0, 0.1) is 0 Å². The van der Waals surface area contributed by atoms with Crippen LogP contribution in [0.15, 0.2) is 54.7 Å². The number of carbonyl (C=O) groups is 1. The van der Waals surface area contributed by atoms with E-state index in [1.165, 1.54) is 12.7 Å². The van der Waals surface area contributed by atoms with Crippen LogP contribution >= 0.6 is 34.8 Å². The number of methoxy groups -OCH3 is 1. The summed E-state index contributed by atoms with van der Waals surface area (Å²) in [4.78, 5) is 23.9. The van der Waals surface area contributed by atoms with E-state index in [0.29, 0.717) is 49.9 Å². The first kappa shape index (κ1) is 35.9. The average molecular weight is 712 g/mol. The smallest absolute Gasteiger partial charge is 0.407 e. The molecule has 0 saturated carbocycles. The molecule has 1 aliphatic heterocycles. The fourth-order valence-electron chi connectivity index (χ4n) is 5.64. The molecular formula is C37H41Cl3N4O4. The fourth-order valence-corrected chi connectivity index (χ4v) is 6.58. The minimum absolute atomic E-state index is 0.182. The molecule has 0 atom stereocenters. The van der Waals surface area contributed by atoms with Gasteiger partial charge in [0, 0.05) is 58.7 Å². The van der Waals surface area contributed by atoms with E-state index in [1.54, 1.807) is 27.0 Å². The van der Waals surface area contributed by atoms with Crippen molar-refractivity contribution in [2.24, 2.45) is 0 Å². The number of halogens is 3. The van der Waals surface area contributed by atoms with Gasteiger partial charge in [0.25, 0.3) is 0 Å². The largest absolute Gasteiger partial charge is 0.481 e. The number of nitrogens with one attached hydrogen (secondary N) is 1. The molecule has 48 heavy (non-hydrogen) atoms. The quantitative estimate of drug-likeness (QED) is 0.179. The van der Waals surface area contributed by atoms with Crippen LogP contribution in [0.1, 0.15) is 57.7 Å². The lowest BCUT2D eigenvalue weighted by Gasteiger charge is -2.31. The van der Waals surface area contributed by atoms with Crippen LogP contribution in [0.2, 0.25) is 15.1 Å². The van der Waals surface area contributed by atoms with Gasteiger partial charge in [-0.2, -0.15) is 0 Å². The highest BCUT2D eigenvalue weighted by molar-refractivity contribution is 6.39. The fraction of sp³-hybridized carbons (Fsp3) is 0.378. The number of benzene rings is 2. The third-order valence-electron chi connectivity index (χ3n) is 8.09. The molecule has 5 rings (SSSR count). The van der Waals surface area contributed by atoms with Crippen molar-refractivity contribution in [3.8, 4) is 39.5 Å². The molecule has 8 nitrogen and oxygen atoms in total. The molecule has 0 radical (unpaired) electrons. The minimum Gasteiger partial charge on any atom is -0.481 e. The van der Waals surface area contributed by atoms with E-state index in [4.69, 9.17) is 49.3 Å². The van der Waals surface area contributed by atoms with Crippen LogP contribution in [-0.4, -0.2) is 57.5 Å². The van der Waals surface area contributed by atoms with Gasteiger partial charge in [0.15, 0.2) is 0 Å². The first-order valence-corrected chi connectivity index (χ1v) is 17.0. The van der Waals surface area contributed by atoms with Crippen molar-refractivity contribution in [2.75, 3.05) is 20.2 Å². The van der Waals surface area contributed by atoms with Crippen LogP contribution < -0.4 is 10.1 Å². The number of amides is 1. The Kier molecular flexibility index (Phi) is 10.9. The Balaban J connectivity index is 1.41. The Hall–Kier alpha value is -3.40. The highest BCUT2D eigenvalue weighted by Gasteiger charge is 2.24.